The fourth-order valence-electron chi connectivity index (χ4n) is 3.59. The number of nitro groups is 1. The molecule has 3 aromatic carbocycles. The quantitative estimate of drug-likeness (QED) is 0.273. The molecule has 0 aliphatic heterocycles. The molecule has 0 unspecified atom stereocenters. The van der Waals surface area contributed by atoms with Crippen molar-refractivity contribution in [1.82, 2.24) is 9.97 Å². The van der Waals surface area contributed by atoms with Gasteiger partial charge in [0.1, 0.15) is 11.5 Å². The third-order valence-electron chi connectivity index (χ3n) is 5.16. The fraction of sp³-hybridized carbons (Fsp3) is 0.120. The van der Waals surface area contributed by atoms with Gasteiger partial charge in [-0.05, 0) is 48.0 Å². The highest BCUT2D eigenvalue weighted by Gasteiger charge is 2.17. The van der Waals surface area contributed by atoms with Gasteiger partial charge in [-0.15, -0.1) is 0 Å². The number of methoxy groups -OCH3 is 3. The summed E-state index contributed by atoms with van der Waals surface area (Å²) in [5.41, 5.74) is 3.45. The van der Waals surface area contributed by atoms with E-state index in [4.69, 9.17) is 14.2 Å². The van der Waals surface area contributed by atoms with E-state index in [1.807, 2.05) is 42.5 Å². The molecular weight excluding hydrogens is 436 g/mol. The van der Waals surface area contributed by atoms with E-state index in [0.29, 0.717) is 28.7 Å². The van der Waals surface area contributed by atoms with Gasteiger partial charge in [-0.2, -0.15) is 0 Å². The second kappa shape index (κ2) is 9.86. The second-order valence-corrected chi connectivity index (χ2v) is 7.15. The molecule has 0 spiro atoms. The van der Waals surface area contributed by atoms with E-state index < -0.39 is 4.92 Å². The van der Waals surface area contributed by atoms with E-state index in [1.54, 1.807) is 38.6 Å². The van der Waals surface area contributed by atoms with Crippen LogP contribution in [0.2, 0.25) is 0 Å². The van der Waals surface area contributed by atoms with Crippen LogP contribution in [0.5, 0.6) is 17.2 Å². The maximum absolute atomic E-state index is 11.4. The molecule has 0 amide bonds. The third kappa shape index (κ3) is 4.58. The van der Waals surface area contributed by atoms with E-state index in [2.05, 4.69) is 15.3 Å². The summed E-state index contributed by atoms with van der Waals surface area (Å²) in [7, 11) is 4.62. The van der Waals surface area contributed by atoms with Gasteiger partial charge in [0.15, 0.2) is 5.75 Å². The molecule has 1 heterocycles. The molecule has 0 aliphatic rings. The maximum atomic E-state index is 11.4. The summed E-state index contributed by atoms with van der Waals surface area (Å²) in [6.45, 7) is 0. The van der Waals surface area contributed by atoms with E-state index >= 15 is 0 Å². The van der Waals surface area contributed by atoms with Crippen LogP contribution in [-0.2, 0) is 0 Å². The highest BCUT2D eigenvalue weighted by molar-refractivity contribution is 5.79. The largest absolute Gasteiger partial charge is 0.496 e. The Balaban J connectivity index is 1.66. The Morgan fingerprint density at radius 3 is 2.21 bits per heavy atom. The molecule has 9 heteroatoms. The molecular formula is C25H22N4O5. The summed E-state index contributed by atoms with van der Waals surface area (Å²) in [5.74, 6) is 1.91. The van der Waals surface area contributed by atoms with Gasteiger partial charge in [-0.3, -0.25) is 10.1 Å². The second-order valence-electron chi connectivity index (χ2n) is 7.15. The number of nitro benzene ring substituents is 1. The Labute approximate surface area is 196 Å². The van der Waals surface area contributed by atoms with Crippen molar-refractivity contribution in [3.63, 3.8) is 0 Å². The lowest BCUT2D eigenvalue weighted by atomic mass is 10.0. The van der Waals surface area contributed by atoms with Crippen LogP contribution in [0.3, 0.4) is 0 Å². The summed E-state index contributed by atoms with van der Waals surface area (Å²) >= 11 is 0. The van der Waals surface area contributed by atoms with Crippen LogP contribution >= 0.6 is 0 Å². The predicted octanol–water partition coefficient (Wildman–Crippen LogP) is 5.49. The van der Waals surface area contributed by atoms with Crippen LogP contribution in [0, 0.1) is 10.1 Å². The lowest BCUT2D eigenvalue weighted by molar-refractivity contribution is -0.385. The van der Waals surface area contributed by atoms with E-state index in [0.717, 1.165) is 16.8 Å². The van der Waals surface area contributed by atoms with Crippen LogP contribution in [0.4, 0.5) is 17.3 Å². The fourth-order valence-corrected chi connectivity index (χ4v) is 3.59. The number of aromatic nitrogens is 2. The zero-order valence-corrected chi connectivity index (χ0v) is 18.8. The van der Waals surface area contributed by atoms with Crippen molar-refractivity contribution in [3.8, 4) is 39.6 Å². The topological polar surface area (TPSA) is 109 Å². The molecule has 0 saturated heterocycles. The lowest BCUT2D eigenvalue weighted by Crippen LogP contribution is -1.99. The van der Waals surface area contributed by atoms with Crippen molar-refractivity contribution in [2.75, 3.05) is 26.6 Å². The Kier molecular flexibility index (Phi) is 6.54. The first kappa shape index (κ1) is 22.5. The zero-order valence-electron chi connectivity index (χ0n) is 18.8. The van der Waals surface area contributed by atoms with Crippen molar-refractivity contribution >= 4 is 17.3 Å². The van der Waals surface area contributed by atoms with E-state index in [1.165, 1.54) is 13.2 Å². The maximum Gasteiger partial charge on any atom is 0.311 e. The minimum atomic E-state index is -0.486. The molecule has 0 atom stereocenters. The molecule has 1 N–H and O–H groups in total. The minimum absolute atomic E-state index is 0.133. The average molecular weight is 458 g/mol. The van der Waals surface area contributed by atoms with Gasteiger partial charge in [0.25, 0.3) is 0 Å². The Morgan fingerprint density at radius 2 is 1.53 bits per heavy atom. The first-order valence-corrected chi connectivity index (χ1v) is 10.3. The molecule has 0 aliphatic carbocycles. The molecule has 9 nitrogen and oxygen atoms in total. The first-order chi connectivity index (χ1) is 16.5. The van der Waals surface area contributed by atoms with E-state index in [9.17, 15) is 10.1 Å². The lowest BCUT2D eigenvalue weighted by Gasteiger charge is -2.14. The summed E-state index contributed by atoms with van der Waals surface area (Å²) in [6, 6.07) is 19.7. The monoisotopic (exact) mass is 458 g/mol. The third-order valence-corrected chi connectivity index (χ3v) is 5.16. The Morgan fingerprint density at radius 1 is 0.824 bits per heavy atom. The number of rotatable bonds is 8. The van der Waals surface area contributed by atoms with Crippen LogP contribution in [0.25, 0.3) is 22.4 Å². The van der Waals surface area contributed by atoms with Crippen molar-refractivity contribution in [1.29, 1.82) is 0 Å². The molecule has 4 aromatic rings. The van der Waals surface area contributed by atoms with Crippen molar-refractivity contribution < 1.29 is 19.1 Å². The average Bonchev–Trinajstić information content (AvgIpc) is 2.88. The standard InChI is InChI=1S/C25H22N4O5/c1-32-21-11-10-16(15-20(21)29(30)31)19-12-13-26-25(28-19)27-18-7-4-6-17(14-18)24-22(33-2)8-5-9-23(24)34-3/h4-15H,1-3H3,(H,26,27,28). The summed E-state index contributed by atoms with van der Waals surface area (Å²) in [4.78, 5) is 19.7. The van der Waals surface area contributed by atoms with Crippen molar-refractivity contribution in [2.45, 2.75) is 0 Å². The molecule has 34 heavy (non-hydrogen) atoms. The van der Waals surface area contributed by atoms with Gasteiger partial charge in [0.05, 0.1) is 37.5 Å². The Hall–Kier alpha value is -4.66. The number of nitrogens with one attached hydrogen (secondary N) is 1. The van der Waals surface area contributed by atoms with E-state index in [-0.39, 0.29) is 11.4 Å². The van der Waals surface area contributed by atoms with Crippen LogP contribution in [0.15, 0.2) is 72.9 Å². The SMILES string of the molecule is COc1ccc(-c2ccnc(Nc3cccc(-c4c(OC)cccc4OC)c3)n2)cc1[N+](=O)[O-]. The van der Waals surface area contributed by atoms with Crippen molar-refractivity contribution in [2.24, 2.45) is 0 Å². The highest BCUT2D eigenvalue weighted by Crippen LogP contribution is 2.39. The van der Waals surface area contributed by atoms with Crippen LogP contribution < -0.4 is 19.5 Å². The van der Waals surface area contributed by atoms with Gasteiger partial charge in [0.2, 0.25) is 5.95 Å². The van der Waals surface area contributed by atoms with Crippen LogP contribution in [-0.4, -0.2) is 36.2 Å². The summed E-state index contributed by atoms with van der Waals surface area (Å²) in [5, 5.41) is 14.6. The summed E-state index contributed by atoms with van der Waals surface area (Å²) in [6.07, 6.45) is 1.59. The number of nitrogens with zero attached hydrogens (tertiary/aromatic N) is 3. The predicted molar refractivity (Wildman–Crippen MR) is 129 cm³/mol. The van der Waals surface area contributed by atoms with Gasteiger partial charge >= 0.3 is 5.69 Å². The molecule has 0 saturated carbocycles. The van der Waals surface area contributed by atoms with Crippen LogP contribution in [0.1, 0.15) is 0 Å². The molecule has 1 aromatic heterocycles. The Bertz CT molecular complexity index is 1320. The highest BCUT2D eigenvalue weighted by atomic mass is 16.6. The number of hydrogen-bond donors (Lipinski definition) is 1. The summed E-state index contributed by atoms with van der Waals surface area (Å²) < 4.78 is 16.1. The smallest absolute Gasteiger partial charge is 0.311 e. The number of benzene rings is 3. The molecule has 4 rings (SSSR count). The molecule has 0 bridgehead atoms. The van der Waals surface area contributed by atoms with Gasteiger partial charge in [-0.25, -0.2) is 9.97 Å². The molecule has 172 valence electrons. The number of hydrogen-bond acceptors (Lipinski definition) is 8. The van der Waals surface area contributed by atoms with Crippen molar-refractivity contribution in [3.05, 3.63) is 83.0 Å². The van der Waals surface area contributed by atoms with Gasteiger partial charge < -0.3 is 19.5 Å². The normalized spacial score (nSPS) is 10.4. The number of anilines is 2. The molecule has 0 fully saturated rings. The van der Waals surface area contributed by atoms with Gasteiger partial charge in [-0.1, -0.05) is 18.2 Å². The first-order valence-electron chi connectivity index (χ1n) is 10.3. The minimum Gasteiger partial charge on any atom is -0.496 e. The zero-order chi connectivity index (χ0) is 24.1. The molecule has 0 radical (unpaired) electrons. The van der Waals surface area contributed by atoms with Gasteiger partial charge in [0, 0.05) is 23.5 Å². The number of ether oxygens (including phenoxy) is 3.